The van der Waals surface area contributed by atoms with E-state index in [-0.39, 0.29) is 30.0 Å². The lowest BCUT2D eigenvalue weighted by atomic mass is 10.1. The highest BCUT2D eigenvalue weighted by molar-refractivity contribution is 14.0. The van der Waals surface area contributed by atoms with Gasteiger partial charge in [0, 0.05) is 19.6 Å². The van der Waals surface area contributed by atoms with Gasteiger partial charge in [0.05, 0.1) is 6.04 Å². The maximum absolute atomic E-state index is 12.2. The molecule has 0 radical (unpaired) electrons. The van der Waals surface area contributed by atoms with Crippen molar-refractivity contribution in [1.29, 1.82) is 0 Å². The quantitative estimate of drug-likeness (QED) is 0.332. The van der Waals surface area contributed by atoms with Crippen LogP contribution in [0.5, 0.6) is 0 Å². The highest BCUT2D eigenvalue weighted by Gasteiger charge is 2.20. The third-order valence-corrected chi connectivity index (χ3v) is 3.59. The molecule has 0 bridgehead atoms. The zero-order valence-corrected chi connectivity index (χ0v) is 19.0. The number of alkyl carbamates (subject to hydrolysis) is 1. The molecule has 26 heavy (non-hydrogen) atoms. The van der Waals surface area contributed by atoms with E-state index in [9.17, 15) is 4.79 Å². The third kappa shape index (κ3) is 9.84. The lowest BCUT2D eigenvalue weighted by Crippen LogP contribution is -2.46. The molecule has 0 saturated carbocycles. The van der Waals surface area contributed by atoms with Crippen molar-refractivity contribution >= 4 is 36.0 Å². The molecule has 0 fully saturated rings. The number of amides is 1. The summed E-state index contributed by atoms with van der Waals surface area (Å²) in [5.41, 5.74) is 0.465. The lowest BCUT2D eigenvalue weighted by molar-refractivity contribution is 0.0504. The second-order valence-electron chi connectivity index (χ2n) is 7.02. The van der Waals surface area contributed by atoms with Crippen molar-refractivity contribution in [2.75, 3.05) is 13.6 Å². The maximum Gasteiger partial charge on any atom is 0.408 e. The first-order chi connectivity index (χ1) is 11.7. The fourth-order valence-corrected chi connectivity index (χ4v) is 2.12. The number of hydrogen-bond donors (Lipinski definition) is 3. The highest BCUT2D eigenvalue weighted by atomic mass is 127. The van der Waals surface area contributed by atoms with Gasteiger partial charge in [-0.1, -0.05) is 37.3 Å². The van der Waals surface area contributed by atoms with Crippen LogP contribution in [0.25, 0.3) is 0 Å². The molecule has 6 nitrogen and oxygen atoms in total. The van der Waals surface area contributed by atoms with Gasteiger partial charge < -0.3 is 20.7 Å². The second kappa shape index (κ2) is 12.0. The van der Waals surface area contributed by atoms with Crippen LogP contribution in [0.4, 0.5) is 4.79 Å². The van der Waals surface area contributed by atoms with E-state index in [0.717, 1.165) is 12.0 Å². The summed E-state index contributed by atoms with van der Waals surface area (Å²) >= 11 is 0. The molecule has 7 heteroatoms. The van der Waals surface area contributed by atoms with Crippen molar-refractivity contribution in [3.63, 3.8) is 0 Å². The number of halogens is 1. The first-order valence-corrected chi connectivity index (χ1v) is 8.76. The predicted octanol–water partition coefficient (Wildman–Crippen LogP) is 3.83. The Bertz CT molecular complexity index is 558. The van der Waals surface area contributed by atoms with Crippen molar-refractivity contribution in [1.82, 2.24) is 16.0 Å². The summed E-state index contributed by atoms with van der Waals surface area (Å²) in [4.78, 5) is 16.4. The minimum atomic E-state index is -0.535. The Morgan fingerprint density at radius 2 is 1.81 bits per heavy atom. The Balaban J connectivity index is 0.00000625. The summed E-state index contributed by atoms with van der Waals surface area (Å²) in [6, 6.07) is 9.90. The number of nitrogens with one attached hydrogen (secondary N) is 3. The van der Waals surface area contributed by atoms with Gasteiger partial charge in [0.15, 0.2) is 5.96 Å². The molecule has 1 rings (SSSR count). The van der Waals surface area contributed by atoms with E-state index in [4.69, 9.17) is 4.74 Å². The average Bonchev–Trinajstić information content (AvgIpc) is 2.56. The monoisotopic (exact) mass is 476 g/mol. The van der Waals surface area contributed by atoms with Crippen molar-refractivity contribution in [2.24, 2.45) is 4.99 Å². The summed E-state index contributed by atoms with van der Waals surface area (Å²) in [7, 11) is 1.73. The maximum atomic E-state index is 12.2. The van der Waals surface area contributed by atoms with E-state index < -0.39 is 11.7 Å². The van der Waals surface area contributed by atoms with E-state index in [0.29, 0.717) is 18.5 Å². The summed E-state index contributed by atoms with van der Waals surface area (Å²) in [5.74, 6) is 0.710. The minimum absolute atomic E-state index is 0. The molecule has 148 valence electrons. The van der Waals surface area contributed by atoms with E-state index in [1.807, 2.05) is 51.1 Å². The standard InChI is InChI=1S/C19H32N4O2.HI/c1-7-14(2)22-17(20-6)21-13-16(15-11-9-8-10-12-15)23-18(24)25-19(3,4)5;/h8-12,14,16H,7,13H2,1-6H3,(H,23,24)(H2,20,21,22);1H. The number of carbonyl (C=O) groups excluding carboxylic acids is 1. The Morgan fingerprint density at radius 3 is 2.31 bits per heavy atom. The summed E-state index contributed by atoms with van der Waals surface area (Å²) in [6.07, 6.45) is 0.562. The molecule has 1 aromatic carbocycles. The van der Waals surface area contributed by atoms with Gasteiger partial charge in [-0.3, -0.25) is 4.99 Å². The third-order valence-electron chi connectivity index (χ3n) is 3.59. The summed E-state index contributed by atoms with van der Waals surface area (Å²) < 4.78 is 5.38. The fourth-order valence-electron chi connectivity index (χ4n) is 2.12. The molecular weight excluding hydrogens is 443 g/mol. The molecular formula is C19H33IN4O2. The lowest BCUT2D eigenvalue weighted by Gasteiger charge is -2.25. The summed E-state index contributed by atoms with van der Waals surface area (Å²) in [6.45, 7) is 10.3. The Hall–Kier alpha value is -1.51. The molecule has 0 heterocycles. The average molecular weight is 476 g/mol. The number of aliphatic imine (C=N–C) groups is 1. The van der Waals surface area contributed by atoms with Gasteiger partial charge in [0.2, 0.25) is 0 Å². The SMILES string of the molecule is CCC(C)NC(=NC)NCC(NC(=O)OC(C)(C)C)c1ccccc1.I. The van der Waals surface area contributed by atoms with E-state index in [2.05, 4.69) is 34.8 Å². The van der Waals surface area contributed by atoms with Crippen LogP contribution >= 0.6 is 24.0 Å². The number of rotatable bonds is 6. The second-order valence-corrected chi connectivity index (χ2v) is 7.02. The first-order valence-electron chi connectivity index (χ1n) is 8.76. The van der Waals surface area contributed by atoms with E-state index in [1.165, 1.54) is 0 Å². The molecule has 3 N–H and O–H groups in total. The molecule has 2 unspecified atom stereocenters. The number of nitrogens with zero attached hydrogens (tertiary/aromatic N) is 1. The Kier molecular flexibility index (Phi) is 11.3. The number of carbonyl (C=O) groups is 1. The van der Waals surface area contributed by atoms with E-state index in [1.54, 1.807) is 7.05 Å². The van der Waals surface area contributed by atoms with Gasteiger partial charge in [0.1, 0.15) is 5.60 Å². The molecule has 0 aromatic heterocycles. The Morgan fingerprint density at radius 1 is 1.19 bits per heavy atom. The molecule has 0 aliphatic rings. The van der Waals surface area contributed by atoms with Crippen molar-refractivity contribution in [3.05, 3.63) is 35.9 Å². The van der Waals surface area contributed by atoms with Crippen LogP contribution < -0.4 is 16.0 Å². The van der Waals surface area contributed by atoms with E-state index >= 15 is 0 Å². The largest absolute Gasteiger partial charge is 0.444 e. The number of ether oxygens (including phenoxy) is 1. The fraction of sp³-hybridized carbons (Fsp3) is 0.579. The van der Waals surface area contributed by atoms with Gasteiger partial charge in [-0.15, -0.1) is 24.0 Å². The smallest absolute Gasteiger partial charge is 0.408 e. The molecule has 0 aliphatic heterocycles. The molecule has 2 atom stereocenters. The van der Waals surface area contributed by atoms with Gasteiger partial charge >= 0.3 is 6.09 Å². The van der Waals surface area contributed by atoms with Gasteiger partial charge in [-0.05, 0) is 39.7 Å². The van der Waals surface area contributed by atoms with Gasteiger partial charge in [-0.25, -0.2) is 4.79 Å². The molecule has 0 spiro atoms. The van der Waals surface area contributed by atoms with Crippen LogP contribution in [0, 0.1) is 0 Å². The van der Waals surface area contributed by atoms with Gasteiger partial charge in [-0.2, -0.15) is 0 Å². The zero-order chi connectivity index (χ0) is 18.9. The number of guanidine groups is 1. The van der Waals surface area contributed by atoms with Crippen LogP contribution in [0.15, 0.2) is 35.3 Å². The van der Waals surface area contributed by atoms with Crippen LogP contribution in [0.1, 0.15) is 52.6 Å². The molecule has 0 saturated heterocycles. The zero-order valence-electron chi connectivity index (χ0n) is 16.6. The van der Waals surface area contributed by atoms with Crippen LogP contribution in [-0.2, 0) is 4.74 Å². The van der Waals surface area contributed by atoms with Crippen LogP contribution in [0.2, 0.25) is 0 Å². The van der Waals surface area contributed by atoms with Crippen molar-refractivity contribution in [2.45, 2.75) is 58.7 Å². The molecule has 0 aliphatic carbocycles. The number of benzene rings is 1. The number of hydrogen-bond acceptors (Lipinski definition) is 3. The topological polar surface area (TPSA) is 74.8 Å². The Labute approximate surface area is 174 Å². The highest BCUT2D eigenvalue weighted by Crippen LogP contribution is 2.14. The minimum Gasteiger partial charge on any atom is -0.444 e. The first kappa shape index (κ1) is 24.5. The van der Waals surface area contributed by atoms with Crippen molar-refractivity contribution in [3.8, 4) is 0 Å². The molecule has 1 aromatic rings. The predicted molar refractivity (Wildman–Crippen MR) is 118 cm³/mol. The van der Waals surface area contributed by atoms with Gasteiger partial charge in [0.25, 0.3) is 0 Å². The van der Waals surface area contributed by atoms with Crippen molar-refractivity contribution < 1.29 is 9.53 Å². The summed E-state index contributed by atoms with van der Waals surface area (Å²) in [5, 5.41) is 9.51. The molecule has 1 amide bonds. The normalized spacial score (nSPS) is 13.8. The van der Waals surface area contributed by atoms with Crippen LogP contribution in [-0.4, -0.2) is 37.3 Å². The van der Waals surface area contributed by atoms with Crippen LogP contribution in [0.3, 0.4) is 0 Å².